The van der Waals surface area contributed by atoms with E-state index in [0.717, 1.165) is 180 Å². The fraction of sp³-hybridized carbons (Fsp3) is 0.982. The van der Waals surface area contributed by atoms with Crippen LogP contribution in [0.1, 0.15) is 359 Å². The number of aliphatic hydroxyl groups is 2. The molecule has 12 aliphatic heterocycles. The minimum absolute atomic E-state index is 0. The SMILES string of the molecule is C.C.C.CC(C)(C)C1CCCC1.CC(C)(C)N1CCOCC1.CC(C)N1CCC(=O)CC1.CC(C)N1CCC(OP(=O)(O)O)CC1.CC(C)N1CCCCC1.CC(C)N1CCCCC1C.CC(C)N1CCC[C@@H](O)C1.CC(C)N1CCC[C@H]1CO.CC(C)N1CCN(C)CC1.CC(C)N1CCN(COP(=O)(O)O)CC1.CC(C)N1CCSCC1.CCN1CCN(C(C)(C)C)CC1.CCOC(=O)N1CCN(C(C)C)CC1. The molecule has 1 saturated carbocycles. The number of β-amino-alcohol motifs (C(OH)–C–C–N with tert-alkyl or cyclic N) is 1. The van der Waals surface area contributed by atoms with Crippen molar-refractivity contribution in [2.45, 2.75) is 455 Å². The van der Waals surface area contributed by atoms with Crippen LogP contribution in [-0.4, -0.2) is 470 Å². The molecule has 0 spiro atoms. The Morgan fingerprint density at radius 1 is 0.414 bits per heavy atom. The number of piperazine rings is 4. The Balaban J connectivity index is -0.00000151. The highest BCUT2D eigenvalue weighted by Gasteiger charge is 2.33. The van der Waals surface area contributed by atoms with Crippen molar-refractivity contribution in [1.82, 2.24) is 78.4 Å². The summed E-state index contributed by atoms with van der Waals surface area (Å²) in [7, 11) is -6.43. The number of hydrogen-bond donors (Lipinski definition) is 6. The molecule has 145 heavy (non-hydrogen) atoms. The van der Waals surface area contributed by atoms with Gasteiger partial charge in [0.25, 0.3) is 0 Å². The molecule has 0 radical (unpaired) electrons. The first-order chi connectivity index (χ1) is 66.3. The van der Waals surface area contributed by atoms with Crippen molar-refractivity contribution in [2.75, 3.05) is 255 Å². The lowest BCUT2D eigenvalue weighted by molar-refractivity contribution is -0.121. The van der Waals surface area contributed by atoms with E-state index in [-0.39, 0.29) is 47.3 Å². The van der Waals surface area contributed by atoms with Gasteiger partial charge in [0.2, 0.25) is 0 Å². The number of carbonyl (C=O) groups excluding carboxylic acids is 2. The monoisotopic (exact) mass is 2130 g/mol. The van der Waals surface area contributed by atoms with Crippen LogP contribution in [0.25, 0.3) is 0 Å². The number of rotatable bonds is 18. The Morgan fingerprint density at radius 3 is 1.14 bits per heavy atom. The zero-order valence-corrected chi connectivity index (χ0v) is 101. The molecule has 12 saturated heterocycles. The second-order valence-electron chi connectivity index (χ2n) is 47.4. The number of nitrogens with zero attached hydrogens (tertiary/aromatic N) is 16. The van der Waals surface area contributed by atoms with E-state index in [9.17, 15) is 23.8 Å². The maximum absolute atomic E-state index is 11.4. The topological polar surface area (TPSA) is 278 Å². The summed E-state index contributed by atoms with van der Waals surface area (Å²) in [4.78, 5) is 94.3. The van der Waals surface area contributed by atoms with Gasteiger partial charge in [0.15, 0.2) is 0 Å². The zero-order valence-electron chi connectivity index (χ0n) is 98.2. The Hall–Kier alpha value is -1.21. The van der Waals surface area contributed by atoms with E-state index < -0.39 is 15.6 Å². The van der Waals surface area contributed by atoms with E-state index >= 15 is 0 Å². The molecule has 0 aromatic rings. The third-order valence-electron chi connectivity index (χ3n) is 30.1. The number of ketones is 1. The molecule has 6 N–H and O–H groups in total. The van der Waals surface area contributed by atoms with E-state index in [1.54, 1.807) is 4.90 Å². The Morgan fingerprint density at radius 2 is 0.793 bits per heavy atom. The molecule has 3 atom stereocenters. The van der Waals surface area contributed by atoms with Gasteiger partial charge in [0.05, 0.1) is 38.6 Å². The standard InChI is InChI=1S/C10H20N2O2.C10H22N2.C9H19N.C9H18.C8H19N2O4P.C8H18N2.C8H18NO4P.C8H17NO.C8H15NO.2C8H17NO.C8H17N.C7H15NS.3CH4/c1-4-14-10(13)12-7-5-11(6-8-12)9(2)3;1-5-11-6-8-12(9-7-11)10(2,3)4;1-8(2)10-7-5-4-6-9(10)3;1-9(2,3)8-6-4-5-7-8;1-8(2)10-5-3-9(4-6-10)7-14-15(11,12)13;1-8(2)10-6-4-9(3)5-7-10;1-7(2)9-5-3-8(4-6-9)13-14(10,11)12;1-8(2,3)9-4-6-10-7-5-9;1-7(2)9-5-3-8(10)4-6-9;1-7(2)9-5-3-4-8(9)6-10;1-7(2)9-5-3-4-8(10)6-9;1-8(2)9-6-4-3-5-7-9;1-7(2)8-3-5-9-6-4-8;;;/h9H,4-8H2,1-3H3;5-9H2,1-4H3;8-9H,4-7H2,1-3H3;8H,4-7H2,1-3H3;8H,3-7H2,1-2H3,(H2,11,12,13);8H,4-7H2,1-3H3;7-8H,3-6H2,1-2H3,(H2,10,11,12);4-7H2,1-3H3;7H,3-6H2,1-2H3;2*7-8,10H,3-6H2,1-2H3;8H,3-7H2,1-2H3;7H,3-6H2,1-2H3;3*1H4/t;;;;;;;;;2*8-;;;;;/m.........01...../s1. The predicted molar refractivity (Wildman–Crippen MR) is 620 cm³/mol. The number of likely N-dealkylation sites (tertiary alicyclic amines) is 6. The van der Waals surface area contributed by atoms with E-state index in [0.29, 0.717) is 90.6 Å². The number of Topliss-reactive ketones (excluding diaryl/α,β-unsaturated/α-hetero) is 1. The zero-order chi connectivity index (χ0) is 108. The Bertz CT molecular complexity index is 3100. The molecule has 12 heterocycles. The number of piperidine rings is 5. The number of ether oxygens (including phenoxy) is 2. The summed E-state index contributed by atoms with van der Waals surface area (Å²) >= 11 is 2.07. The average Bonchev–Trinajstić information content (AvgIpc) is 1.08. The van der Waals surface area contributed by atoms with Gasteiger partial charge in [-0.15, -0.1) is 0 Å². The summed E-state index contributed by atoms with van der Waals surface area (Å²) in [5, 5.41) is 18.2. The van der Waals surface area contributed by atoms with Crippen molar-refractivity contribution >= 4 is 39.3 Å². The summed E-state index contributed by atoms with van der Waals surface area (Å²) in [5.74, 6) is 4.10. The van der Waals surface area contributed by atoms with Crippen LogP contribution < -0.4 is 0 Å². The molecule has 0 bridgehead atoms. The van der Waals surface area contributed by atoms with Crippen LogP contribution in [0, 0.1) is 11.3 Å². The molecule has 30 nitrogen and oxygen atoms in total. The second-order valence-corrected chi connectivity index (χ2v) is 51.0. The molecule has 1 aliphatic carbocycles. The predicted octanol–water partition coefficient (Wildman–Crippen LogP) is 18.9. The quantitative estimate of drug-likeness (QED) is 0.0696. The Labute approximate surface area is 900 Å². The number of aliphatic hydroxyl groups excluding tert-OH is 2. The van der Waals surface area contributed by atoms with E-state index in [1.165, 1.54) is 187 Å². The molecule has 13 rings (SSSR count). The lowest BCUT2D eigenvalue weighted by atomic mass is 9.80. The van der Waals surface area contributed by atoms with Crippen LogP contribution in [0.15, 0.2) is 0 Å². The number of amides is 1. The van der Waals surface area contributed by atoms with Gasteiger partial charge in [-0.05, 0) is 329 Å². The van der Waals surface area contributed by atoms with Gasteiger partial charge in [0, 0.05) is 272 Å². The van der Waals surface area contributed by atoms with Crippen molar-refractivity contribution in [3.8, 4) is 0 Å². The summed E-state index contributed by atoms with van der Waals surface area (Å²) in [6.45, 7) is 108. The first kappa shape index (κ1) is 148. The van der Waals surface area contributed by atoms with Gasteiger partial charge in [0.1, 0.15) is 12.5 Å². The molecule has 1 unspecified atom stereocenters. The van der Waals surface area contributed by atoms with Crippen molar-refractivity contribution < 1.29 is 67.0 Å². The van der Waals surface area contributed by atoms with Crippen LogP contribution >= 0.6 is 27.4 Å². The minimum atomic E-state index is -4.32. The molecule has 0 aromatic carbocycles. The van der Waals surface area contributed by atoms with Gasteiger partial charge in [-0.25, -0.2) is 13.9 Å². The molecule has 1 amide bonds. The molecule has 0 aromatic heterocycles. The van der Waals surface area contributed by atoms with Gasteiger partial charge >= 0.3 is 21.7 Å². The van der Waals surface area contributed by atoms with Crippen molar-refractivity contribution in [3.63, 3.8) is 0 Å². The number of morpholine rings is 1. The maximum Gasteiger partial charge on any atom is 0.470 e. The lowest BCUT2D eigenvalue weighted by Gasteiger charge is -2.42. The van der Waals surface area contributed by atoms with Crippen LogP contribution in [0.5, 0.6) is 0 Å². The number of thioether (sulfide) groups is 1. The van der Waals surface area contributed by atoms with E-state index in [2.05, 4.69) is 311 Å². The van der Waals surface area contributed by atoms with Crippen molar-refractivity contribution in [2.24, 2.45) is 11.3 Å². The molecular weight excluding hydrogens is 1890 g/mol. The largest absolute Gasteiger partial charge is 0.470 e. The fourth-order valence-electron chi connectivity index (χ4n) is 19.9. The van der Waals surface area contributed by atoms with Gasteiger partial charge < -0.3 is 68.7 Å². The van der Waals surface area contributed by atoms with Crippen LogP contribution in [-0.2, 0) is 32.4 Å². The number of carbonyl (C=O) groups is 2. The smallest absolute Gasteiger partial charge is 0.450 e. The molecule has 13 aliphatic rings. The van der Waals surface area contributed by atoms with E-state index in [4.69, 9.17) is 34.2 Å². The van der Waals surface area contributed by atoms with Gasteiger partial charge in [-0.1, -0.05) is 75.7 Å². The summed E-state index contributed by atoms with van der Waals surface area (Å²) < 4.78 is 40.3. The van der Waals surface area contributed by atoms with Crippen molar-refractivity contribution in [3.05, 3.63) is 0 Å². The molecule has 872 valence electrons. The van der Waals surface area contributed by atoms with Gasteiger partial charge in [-0.2, -0.15) is 11.8 Å². The fourth-order valence-corrected chi connectivity index (χ4v) is 21.7. The third kappa shape index (κ3) is 70.2. The summed E-state index contributed by atoms with van der Waals surface area (Å²) in [6, 6.07) is 7.65. The van der Waals surface area contributed by atoms with Gasteiger partial charge in [-0.3, -0.25) is 62.8 Å². The summed E-state index contributed by atoms with van der Waals surface area (Å²) in [6.07, 6.45) is 21.4. The minimum Gasteiger partial charge on any atom is -0.450 e. The number of phosphoric acid groups is 2. The molecule has 33 heteroatoms. The van der Waals surface area contributed by atoms with E-state index in [1.807, 2.05) is 11.8 Å². The highest BCUT2D eigenvalue weighted by Crippen LogP contribution is 2.41. The highest BCUT2D eigenvalue weighted by molar-refractivity contribution is 7.99. The maximum atomic E-state index is 11.4. The van der Waals surface area contributed by atoms with Crippen LogP contribution in [0.3, 0.4) is 0 Å². The normalized spacial score (nSPS) is 23.1. The summed E-state index contributed by atoms with van der Waals surface area (Å²) in [5.41, 5.74) is 1.26. The first-order valence-corrected chi connectivity index (χ1v) is 60.9. The average molecular weight is 2130 g/mol. The lowest BCUT2D eigenvalue weighted by Crippen LogP contribution is -2.53. The highest BCUT2D eigenvalue weighted by atomic mass is 32.2. The van der Waals surface area contributed by atoms with Crippen molar-refractivity contribution in [1.29, 1.82) is 0 Å². The third-order valence-corrected chi connectivity index (χ3v) is 32.1. The first-order valence-electron chi connectivity index (χ1n) is 56.7. The molecular formula is C112H244N16O14P2S. The van der Waals surface area contributed by atoms with Crippen LogP contribution in [0.2, 0.25) is 0 Å². The number of hydrogen-bond acceptors (Lipinski definition) is 26. The second kappa shape index (κ2) is 80.5. The number of phosphoric ester groups is 2. The molecule has 13 fully saturated rings. The van der Waals surface area contributed by atoms with Crippen LogP contribution in [0.4, 0.5) is 4.79 Å². The number of likely N-dealkylation sites (N-methyl/N-ethyl adjacent to an activating group) is 2. The Kier molecular flexibility index (Phi) is 82.2.